The number of fused-ring (bicyclic) bond motifs is 1. The smallest absolute Gasteiger partial charge is 0.267 e. The molecule has 2 aromatic rings. The van der Waals surface area contributed by atoms with Crippen molar-refractivity contribution in [3.05, 3.63) is 30.0 Å². The zero-order valence-electron chi connectivity index (χ0n) is 11.3. The molecular weight excluding hydrogens is 270 g/mol. The Bertz CT molecular complexity index is 617. The van der Waals surface area contributed by atoms with Gasteiger partial charge in [-0.15, -0.1) is 0 Å². The number of anilines is 1. The Morgan fingerprint density at radius 3 is 2.95 bits per heavy atom. The van der Waals surface area contributed by atoms with Crippen LogP contribution in [0.5, 0.6) is 0 Å². The molecular formula is C15H19N3OS. The Balaban J connectivity index is 1.67. The third kappa shape index (κ3) is 2.77. The van der Waals surface area contributed by atoms with Crippen molar-refractivity contribution in [2.45, 2.75) is 12.8 Å². The number of rotatable bonds is 3. The minimum Gasteiger partial charge on any atom is -0.397 e. The van der Waals surface area contributed by atoms with Gasteiger partial charge in [-0.25, -0.2) is 0 Å². The van der Waals surface area contributed by atoms with Crippen molar-refractivity contribution in [1.29, 1.82) is 0 Å². The monoisotopic (exact) mass is 289 g/mol. The minimum atomic E-state index is -0.0428. The summed E-state index contributed by atoms with van der Waals surface area (Å²) in [5.41, 5.74) is 7.99. The highest BCUT2D eigenvalue weighted by molar-refractivity contribution is 7.99. The van der Waals surface area contributed by atoms with Crippen molar-refractivity contribution in [3.63, 3.8) is 0 Å². The average Bonchev–Trinajstić information content (AvgIpc) is 2.91. The average molecular weight is 289 g/mol. The fourth-order valence-electron chi connectivity index (χ4n) is 2.58. The van der Waals surface area contributed by atoms with Crippen LogP contribution < -0.4 is 11.1 Å². The first kappa shape index (κ1) is 13.4. The first-order chi connectivity index (χ1) is 9.74. The van der Waals surface area contributed by atoms with Crippen molar-refractivity contribution in [3.8, 4) is 0 Å². The second-order valence-electron chi connectivity index (χ2n) is 5.26. The number of amides is 1. The highest BCUT2D eigenvalue weighted by Gasteiger charge is 2.16. The number of benzene rings is 1. The molecule has 0 atom stereocenters. The standard InChI is InChI=1S/C15H19N3OS/c16-12-3-1-2-11-8-13(18-14(11)12)15(19)17-9-10-4-6-20-7-5-10/h1-3,8,10,18H,4-7,9,16H2,(H,17,19). The number of carbonyl (C=O) groups is 1. The van der Waals surface area contributed by atoms with E-state index in [1.165, 1.54) is 24.3 Å². The molecule has 4 nitrogen and oxygen atoms in total. The number of H-pyrrole nitrogens is 1. The van der Waals surface area contributed by atoms with Crippen LogP contribution in [0.3, 0.4) is 0 Å². The summed E-state index contributed by atoms with van der Waals surface area (Å²) in [7, 11) is 0. The van der Waals surface area contributed by atoms with Gasteiger partial charge in [0.05, 0.1) is 11.2 Å². The summed E-state index contributed by atoms with van der Waals surface area (Å²) >= 11 is 2.00. The Morgan fingerprint density at radius 2 is 2.20 bits per heavy atom. The molecule has 1 fully saturated rings. The molecule has 1 saturated heterocycles. The maximum Gasteiger partial charge on any atom is 0.267 e. The predicted molar refractivity (Wildman–Crippen MR) is 85.1 cm³/mol. The maximum absolute atomic E-state index is 12.2. The lowest BCUT2D eigenvalue weighted by molar-refractivity contribution is 0.0942. The number of nitrogens with one attached hydrogen (secondary N) is 2. The van der Waals surface area contributed by atoms with Gasteiger partial charge in [-0.3, -0.25) is 4.79 Å². The van der Waals surface area contributed by atoms with Crippen molar-refractivity contribution in [2.24, 2.45) is 5.92 Å². The molecule has 5 heteroatoms. The van der Waals surface area contributed by atoms with E-state index in [0.29, 0.717) is 17.3 Å². The van der Waals surface area contributed by atoms with Crippen molar-refractivity contribution in [2.75, 3.05) is 23.8 Å². The zero-order chi connectivity index (χ0) is 13.9. The van der Waals surface area contributed by atoms with Crippen LogP contribution in [0.25, 0.3) is 10.9 Å². The number of nitrogens with two attached hydrogens (primary N) is 1. The van der Waals surface area contributed by atoms with Crippen LogP contribution in [-0.2, 0) is 0 Å². The zero-order valence-corrected chi connectivity index (χ0v) is 12.1. The van der Waals surface area contributed by atoms with Gasteiger partial charge >= 0.3 is 0 Å². The lowest BCUT2D eigenvalue weighted by Crippen LogP contribution is -2.31. The quantitative estimate of drug-likeness (QED) is 0.761. The van der Waals surface area contributed by atoms with Gasteiger partial charge < -0.3 is 16.0 Å². The highest BCUT2D eigenvalue weighted by Crippen LogP contribution is 2.23. The fraction of sp³-hybridized carbons (Fsp3) is 0.400. The molecule has 0 bridgehead atoms. The van der Waals surface area contributed by atoms with Crippen LogP contribution in [0.4, 0.5) is 5.69 Å². The third-order valence-electron chi connectivity index (χ3n) is 3.83. The summed E-state index contributed by atoms with van der Waals surface area (Å²) in [5, 5.41) is 4.00. The summed E-state index contributed by atoms with van der Waals surface area (Å²) in [5.74, 6) is 3.00. The molecule has 1 aliphatic heterocycles. The summed E-state index contributed by atoms with van der Waals surface area (Å²) in [6.07, 6.45) is 2.40. The number of hydrogen-bond acceptors (Lipinski definition) is 3. The molecule has 4 N–H and O–H groups in total. The normalized spacial score (nSPS) is 16.4. The van der Waals surface area contributed by atoms with E-state index >= 15 is 0 Å². The topological polar surface area (TPSA) is 70.9 Å². The van der Waals surface area contributed by atoms with E-state index in [1.807, 2.05) is 36.0 Å². The van der Waals surface area contributed by atoms with Crippen LogP contribution in [0.1, 0.15) is 23.3 Å². The van der Waals surface area contributed by atoms with Gasteiger partial charge in [0.2, 0.25) is 0 Å². The molecule has 2 heterocycles. The fourth-order valence-corrected chi connectivity index (χ4v) is 3.79. The Morgan fingerprint density at radius 1 is 1.40 bits per heavy atom. The number of para-hydroxylation sites is 1. The molecule has 1 aliphatic rings. The largest absolute Gasteiger partial charge is 0.397 e. The summed E-state index contributed by atoms with van der Waals surface area (Å²) in [4.78, 5) is 15.3. The summed E-state index contributed by atoms with van der Waals surface area (Å²) in [6.45, 7) is 0.768. The molecule has 1 aromatic heterocycles. The number of aromatic nitrogens is 1. The van der Waals surface area contributed by atoms with Crippen LogP contribution in [0, 0.1) is 5.92 Å². The van der Waals surface area contributed by atoms with Gasteiger partial charge in [-0.1, -0.05) is 12.1 Å². The Labute approximate surface area is 122 Å². The number of carbonyl (C=O) groups excluding carboxylic acids is 1. The molecule has 1 amide bonds. The first-order valence-corrected chi connectivity index (χ1v) is 8.12. The number of hydrogen-bond donors (Lipinski definition) is 3. The van der Waals surface area contributed by atoms with Gasteiger partial charge in [0.15, 0.2) is 0 Å². The second-order valence-corrected chi connectivity index (χ2v) is 6.48. The molecule has 0 aliphatic carbocycles. The summed E-state index contributed by atoms with van der Waals surface area (Å²) in [6, 6.07) is 7.54. The molecule has 0 saturated carbocycles. The third-order valence-corrected chi connectivity index (χ3v) is 4.87. The van der Waals surface area contributed by atoms with E-state index in [2.05, 4.69) is 10.3 Å². The lowest BCUT2D eigenvalue weighted by atomic mass is 10.0. The molecule has 0 spiro atoms. The van der Waals surface area contributed by atoms with E-state index in [4.69, 9.17) is 5.73 Å². The van der Waals surface area contributed by atoms with Crippen molar-refractivity contribution in [1.82, 2.24) is 10.3 Å². The van der Waals surface area contributed by atoms with Crippen molar-refractivity contribution >= 4 is 34.3 Å². The van der Waals surface area contributed by atoms with Crippen LogP contribution in [-0.4, -0.2) is 28.9 Å². The number of aromatic amines is 1. The predicted octanol–water partition coefficient (Wildman–Crippen LogP) is 2.62. The van der Waals surface area contributed by atoms with Gasteiger partial charge in [0, 0.05) is 11.9 Å². The first-order valence-electron chi connectivity index (χ1n) is 6.97. The molecule has 20 heavy (non-hydrogen) atoms. The van der Waals surface area contributed by atoms with Gasteiger partial charge in [-0.2, -0.15) is 11.8 Å². The van der Waals surface area contributed by atoms with Crippen LogP contribution in [0.15, 0.2) is 24.3 Å². The molecule has 1 aromatic carbocycles. The van der Waals surface area contributed by atoms with Crippen molar-refractivity contribution < 1.29 is 4.79 Å². The van der Waals surface area contributed by atoms with E-state index < -0.39 is 0 Å². The minimum absolute atomic E-state index is 0.0428. The highest BCUT2D eigenvalue weighted by atomic mass is 32.2. The van der Waals surface area contributed by atoms with E-state index in [0.717, 1.165) is 17.4 Å². The molecule has 3 rings (SSSR count). The molecule has 0 radical (unpaired) electrons. The van der Waals surface area contributed by atoms with Crippen LogP contribution in [0.2, 0.25) is 0 Å². The summed E-state index contributed by atoms with van der Waals surface area (Å²) < 4.78 is 0. The number of thioether (sulfide) groups is 1. The van der Waals surface area contributed by atoms with Gasteiger partial charge in [0.1, 0.15) is 5.69 Å². The SMILES string of the molecule is Nc1cccc2cc(C(=O)NCC3CCSCC3)[nH]c12. The molecule has 0 unspecified atom stereocenters. The maximum atomic E-state index is 12.2. The molecule has 106 valence electrons. The van der Waals surface area contributed by atoms with Gasteiger partial charge in [-0.05, 0) is 42.4 Å². The lowest BCUT2D eigenvalue weighted by Gasteiger charge is -2.21. The van der Waals surface area contributed by atoms with Crippen LogP contribution >= 0.6 is 11.8 Å². The Kier molecular flexibility index (Phi) is 3.87. The second kappa shape index (κ2) is 5.79. The van der Waals surface area contributed by atoms with E-state index in [9.17, 15) is 4.79 Å². The van der Waals surface area contributed by atoms with E-state index in [-0.39, 0.29) is 5.91 Å². The van der Waals surface area contributed by atoms with Gasteiger partial charge in [0.25, 0.3) is 5.91 Å². The van der Waals surface area contributed by atoms with E-state index in [1.54, 1.807) is 0 Å². The Hall–Kier alpha value is -1.62. The number of nitrogen functional groups attached to an aromatic ring is 1.